The van der Waals surface area contributed by atoms with Crippen molar-refractivity contribution in [1.29, 1.82) is 0 Å². The molecule has 1 rings (SSSR count). The van der Waals surface area contributed by atoms with Crippen molar-refractivity contribution in [3.8, 4) is 0 Å². The highest BCUT2D eigenvalue weighted by molar-refractivity contribution is 5.51. The van der Waals surface area contributed by atoms with E-state index in [4.69, 9.17) is 0 Å². The van der Waals surface area contributed by atoms with Crippen molar-refractivity contribution >= 4 is 5.69 Å². The van der Waals surface area contributed by atoms with Crippen LogP contribution in [0, 0.1) is 13.8 Å². The second kappa shape index (κ2) is 6.64. The number of ether oxygens (including phenoxy) is 1. The predicted octanol–water partition coefficient (Wildman–Crippen LogP) is 3.68. The Morgan fingerprint density at radius 1 is 1.22 bits per heavy atom. The molecule has 0 aromatic heterocycles. The maximum Gasteiger partial charge on any atom is 0.411 e. The number of benzene rings is 1. The number of nitrogens with one attached hydrogen (secondary N) is 1. The predicted molar refractivity (Wildman–Crippen MR) is 65.9 cm³/mol. The molecule has 0 radical (unpaired) electrons. The highest BCUT2D eigenvalue weighted by atomic mass is 19.4. The van der Waals surface area contributed by atoms with Gasteiger partial charge in [-0.2, -0.15) is 13.2 Å². The van der Waals surface area contributed by atoms with Crippen molar-refractivity contribution < 1.29 is 17.9 Å². The van der Waals surface area contributed by atoms with E-state index in [-0.39, 0.29) is 6.61 Å². The van der Waals surface area contributed by atoms with Gasteiger partial charge in [-0.1, -0.05) is 17.7 Å². The number of aryl methyl sites for hydroxylation is 2. The third-order valence-electron chi connectivity index (χ3n) is 2.43. The Morgan fingerprint density at radius 3 is 2.56 bits per heavy atom. The van der Waals surface area contributed by atoms with Crippen LogP contribution in [-0.4, -0.2) is 25.9 Å². The molecule has 2 nitrogen and oxygen atoms in total. The monoisotopic (exact) mass is 261 g/mol. The van der Waals surface area contributed by atoms with Gasteiger partial charge in [0.15, 0.2) is 0 Å². The molecule has 1 N–H and O–H groups in total. The van der Waals surface area contributed by atoms with Gasteiger partial charge in [-0.25, -0.2) is 0 Å². The summed E-state index contributed by atoms with van der Waals surface area (Å²) in [7, 11) is 0. The molecule has 0 aliphatic heterocycles. The minimum Gasteiger partial charge on any atom is -0.385 e. The highest BCUT2D eigenvalue weighted by Gasteiger charge is 2.27. The first-order valence-electron chi connectivity index (χ1n) is 5.84. The van der Waals surface area contributed by atoms with Gasteiger partial charge < -0.3 is 10.1 Å². The summed E-state index contributed by atoms with van der Waals surface area (Å²) in [5.74, 6) is 0. The highest BCUT2D eigenvalue weighted by Crippen LogP contribution is 2.16. The SMILES string of the molecule is Cc1ccc(NCCCOCC(F)(F)F)c(C)c1. The first-order valence-corrected chi connectivity index (χ1v) is 5.84. The molecule has 0 amide bonds. The molecule has 0 unspecified atom stereocenters. The minimum absolute atomic E-state index is 0.109. The first kappa shape index (κ1) is 14.8. The van der Waals surface area contributed by atoms with Crippen LogP contribution in [0.1, 0.15) is 17.5 Å². The zero-order valence-corrected chi connectivity index (χ0v) is 10.6. The fourth-order valence-electron chi connectivity index (χ4n) is 1.60. The van der Waals surface area contributed by atoms with E-state index in [0.717, 1.165) is 11.3 Å². The van der Waals surface area contributed by atoms with Crippen LogP contribution in [0.4, 0.5) is 18.9 Å². The molecule has 0 saturated carbocycles. The third-order valence-corrected chi connectivity index (χ3v) is 2.43. The summed E-state index contributed by atoms with van der Waals surface area (Å²) >= 11 is 0. The van der Waals surface area contributed by atoms with E-state index < -0.39 is 12.8 Å². The smallest absolute Gasteiger partial charge is 0.385 e. The summed E-state index contributed by atoms with van der Waals surface area (Å²) in [6, 6.07) is 6.03. The fraction of sp³-hybridized carbons (Fsp3) is 0.538. The zero-order valence-electron chi connectivity index (χ0n) is 10.6. The second-order valence-corrected chi connectivity index (χ2v) is 4.27. The van der Waals surface area contributed by atoms with E-state index >= 15 is 0 Å². The van der Waals surface area contributed by atoms with Gasteiger partial charge >= 0.3 is 6.18 Å². The molecule has 18 heavy (non-hydrogen) atoms. The van der Waals surface area contributed by atoms with E-state index in [1.807, 2.05) is 26.0 Å². The number of halogens is 3. The van der Waals surface area contributed by atoms with Gasteiger partial charge in [0.25, 0.3) is 0 Å². The third kappa shape index (κ3) is 5.91. The molecular weight excluding hydrogens is 243 g/mol. The molecule has 0 atom stereocenters. The van der Waals surface area contributed by atoms with Crippen LogP contribution in [0.15, 0.2) is 18.2 Å². The van der Waals surface area contributed by atoms with Crippen LogP contribution in [0.2, 0.25) is 0 Å². The Labute approximate surface area is 105 Å². The number of hydrogen-bond acceptors (Lipinski definition) is 2. The lowest BCUT2D eigenvalue weighted by molar-refractivity contribution is -0.173. The normalized spacial score (nSPS) is 11.6. The van der Waals surface area contributed by atoms with Crippen LogP contribution in [0.3, 0.4) is 0 Å². The molecule has 102 valence electrons. The molecule has 0 saturated heterocycles. The van der Waals surface area contributed by atoms with Crippen LogP contribution < -0.4 is 5.32 Å². The molecule has 1 aromatic rings. The second-order valence-electron chi connectivity index (χ2n) is 4.27. The van der Waals surface area contributed by atoms with Gasteiger partial charge in [0.2, 0.25) is 0 Å². The average Bonchev–Trinajstić information content (AvgIpc) is 2.24. The van der Waals surface area contributed by atoms with E-state index in [1.54, 1.807) is 0 Å². The Kier molecular flexibility index (Phi) is 5.47. The van der Waals surface area contributed by atoms with E-state index in [9.17, 15) is 13.2 Å². The molecular formula is C13H18F3NO. The zero-order chi connectivity index (χ0) is 13.6. The number of anilines is 1. The van der Waals surface area contributed by atoms with E-state index in [0.29, 0.717) is 13.0 Å². The first-order chi connectivity index (χ1) is 8.38. The molecule has 0 fully saturated rings. The summed E-state index contributed by atoms with van der Waals surface area (Å²) in [5, 5.41) is 3.18. The van der Waals surface area contributed by atoms with Gasteiger partial charge in [-0.3, -0.25) is 0 Å². The van der Waals surface area contributed by atoms with E-state index in [1.165, 1.54) is 5.56 Å². The molecule has 0 spiro atoms. The molecule has 0 bridgehead atoms. The lowest BCUT2D eigenvalue weighted by Crippen LogP contribution is -2.18. The lowest BCUT2D eigenvalue weighted by atomic mass is 10.1. The largest absolute Gasteiger partial charge is 0.411 e. The summed E-state index contributed by atoms with van der Waals surface area (Å²) in [6.45, 7) is 3.55. The van der Waals surface area contributed by atoms with Crippen LogP contribution in [-0.2, 0) is 4.74 Å². The van der Waals surface area contributed by atoms with Gasteiger partial charge in [-0.15, -0.1) is 0 Å². The van der Waals surface area contributed by atoms with Gasteiger partial charge in [-0.05, 0) is 31.9 Å². The standard InChI is InChI=1S/C13H18F3NO/c1-10-4-5-12(11(2)8-10)17-6-3-7-18-9-13(14,15)16/h4-5,8,17H,3,6-7,9H2,1-2H3. The van der Waals surface area contributed by atoms with Crippen LogP contribution in [0.25, 0.3) is 0 Å². The minimum atomic E-state index is -4.24. The Morgan fingerprint density at radius 2 is 1.94 bits per heavy atom. The van der Waals surface area contributed by atoms with Gasteiger partial charge in [0.1, 0.15) is 6.61 Å². The van der Waals surface area contributed by atoms with Crippen molar-refractivity contribution in [3.05, 3.63) is 29.3 Å². The van der Waals surface area contributed by atoms with Crippen molar-refractivity contribution in [2.45, 2.75) is 26.4 Å². The molecule has 0 aliphatic carbocycles. The van der Waals surface area contributed by atoms with Gasteiger partial charge in [0, 0.05) is 18.8 Å². The summed E-state index contributed by atoms with van der Waals surface area (Å²) in [4.78, 5) is 0. The fourth-order valence-corrected chi connectivity index (χ4v) is 1.60. The van der Waals surface area contributed by atoms with Gasteiger partial charge in [0.05, 0.1) is 0 Å². The number of rotatable bonds is 6. The maximum atomic E-state index is 11.8. The summed E-state index contributed by atoms with van der Waals surface area (Å²) < 4.78 is 39.9. The van der Waals surface area contributed by atoms with Crippen LogP contribution >= 0.6 is 0 Å². The molecule has 1 aromatic carbocycles. The number of hydrogen-bond donors (Lipinski definition) is 1. The Bertz CT molecular complexity index is 377. The Balaban J connectivity index is 2.18. The van der Waals surface area contributed by atoms with Crippen molar-refractivity contribution in [3.63, 3.8) is 0 Å². The van der Waals surface area contributed by atoms with E-state index in [2.05, 4.69) is 16.1 Å². The molecule has 0 heterocycles. The molecule has 0 aliphatic rings. The van der Waals surface area contributed by atoms with Crippen LogP contribution in [0.5, 0.6) is 0 Å². The molecule has 5 heteroatoms. The van der Waals surface area contributed by atoms with Crippen molar-refractivity contribution in [2.24, 2.45) is 0 Å². The van der Waals surface area contributed by atoms with Crippen molar-refractivity contribution in [2.75, 3.05) is 25.1 Å². The number of alkyl halides is 3. The quantitative estimate of drug-likeness (QED) is 0.789. The Hall–Kier alpha value is -1.23. The lowest BCUT2D eigenvalue weighted by Gasteiger charge is -2.11. The summed E-state index contributed by atoms with van der Waals surface area (Å²) in [5.41, 5.74) is 3.33. The maximum absolute atomic E-state index is 11.8. The van der Waals surface area contributed by atoms with Crippen molar-refractivity contribution in [1.82, 2.24) is 0 Å². The topological polar surface area (TPSA) is 21.3 Å². The average molecular weight is 261 g/mol. The summed E-state index contributed by atoms with van der Waals surface area (Å²) in [6.07, 6.45) is -3.69.